The lowest BCUT2D eigenvalue weighted by Crippen LogP contribution is -2.60. The molecular formula is C14H25N3O. The van der Waals surface area contributed by atoms with Gasteiger partial charge in [-0.25, -0.2) is 0 Å². The summed E-state index contributed by atoms with van der Waals surface area (Å²) < 4.78 is 7.46. The molecule has 18 heavy (non-hydrogen) atoms. The molecule has 1 aromatic rings. The summed E-state index contributed by atoms with van der Waals surface area (Å²) in [4.78, 5) is 0. The van der Waals surface area contributed by atoms with E-state index in [0.717, 1.165) is 13.0 Å². The zero-order chi connectivity index (χ0) is 13.3. The van der Waals surface area contributed by atoms with E-state index in [2.05, 4.69) is 44.3 Å². The largest absolute Gasteiger partial charge is 0.381 e. The topological polar surface area (TPSA) is 39.1 Å². The van der Waals surface area contributed by atoms with E-state index in [0.29, 0.717) is 18.2 Å². The Morgan fingerprint density at radius 3 is 2.78 bits per heavy atom. The number of methoxy groups -OCH3 is 1. The molecule has 102 valence electrons. The number of hydrogen-bond donors (Lipinski definition) is 1. The van der Waals surface area contributed by atoms with Crippen molar-refractivity contribution >= 4 is 0 Å². The van der Waals surface area contributed by atoms with Crippen LogP contribution in [0.5, 0.6) is 0 Å². The fraction of sp³-hybridized carbons (Fsp3) is 0.786. The smallest absolute Gasteiger partial charge is 0.0652 e. The van der Waals surface area contributed by atoms with Gasteiger partial charge < -0.3 is 10.1 Å². The second kappa shape index (κ2) is 5.02. The van der Waals surface area contributed by atoms with Crippen molar-refractivity contribution in [3.8, 4) is 0 Å². The molecule has 0 bridgehead atoms. The Labute approximate surface area is 110 Å². The van der Waals surface area contributed by atoms with E-state index < -0.39 is 0 Å². The van der Waals surface area contributed by atoms with Crippen LogP contribution in [-0.4, -0.2) is 29.0 Å². The predicted molar refractivity (Wildman–Crippen MR) is 72.4 cm³/mol. The summed E-state index contributed by atoms with van der Waals surface area (Å²) in [5.41, 5.74) is 1.48. The fourth-order valence-electron chi connectivity index (χ4n) is 2.62. The molecule has 0 aromatic carbocycles. The Bertz CT molecular complexity index is 397. The average Bonchev–Trinajstić information content (AvgIpc) is 2.76. The zero-order valence-electron chi connectivity index (χ0n) is 12.1. The van der Waals surface area contributed by atoms with E-state index in [1.165, 1.54) is 5.56 Å². The lowest BCUT2D eigenvalue weighted by atomic mass is 9.64. The van der Waals surface area contributed by atoms with Gasteiger partial charge in [0.05, 0.1) is 12.3 Å². The number of nitrogens with one attached hydrogen (secondary N) is 1. The van der Waals surface area contributed by atoms with Crippen molar-refractivity contribution in [2.75, 3.05) is 7.11 Å². The summed E-state index contributed by atoms with van der Waals surface area (Å²) in [7, 11) is 1.80. The minimum absolute atomic E-state index is 0.225. The van der Waals surface area contributed by atoms with E-state index in [1.807, 2.05) is 10.9 Å². The van der Waals surface area contributed by atoms with E-state index in [1.54, 1.807) is 7.11 Å². The van der Waals surface area contributed by atoms with E-state index in [9.17, 15) is 0 Å². The summed E-state index contributed by atoms with van der Waals surface area (Å²) in [6.07, 6.45) is 5.55. The minimum Gasteiger partial charge on any atom is -0.381 e. The van der Waals surface area contributed by atoms with Crippen LogP contribution in [0.3, 0.4) is 0 Å². The molecule has 2 atom stereocenters. The monoisotopic (exact) mass is 251 g/mol. The highest BCUT2D eigenvalue weighted by molar-refractivity contribution is 5.07. The highest BCUT2D eigenvalue weighted by Crippen LogP contribution is 2.42. The Kier molecular flexibility index (Phi) is 3.78. The van der Waals surface area contributed by atoms with Crippen molar-refractivity contribution in [3.63, 3.8) is 0 Å². The fourth-order valence-corrected chi connectivity index (χ4v) is 2.62. The maximum absolute atomic E-state index is 5.46. The second-order valence-corrected chi connectivity index (χ2v) is 6.14. The maximum atomic E-state index is 5.46. The molecule has 0 aliphatic heterocycles. The van der Waals surface area contributed by atoms with Crippen LogP contribution in [0.1, 0.15) is 45.7 Å². The van der Waals surface area contributed by atoms with Crippen LogP contribution in [0.2, 0.25) is 0 Å². The third-order valence-electron chi connectivity index (χ3n) is 4.20. The van der Waals surface area contributed by atoms with E-state index in [4.69, 9.17) is 4.74 Å². The van der Waals surface area contributed by atoms with Crippen molar-refractivity contribution in [1.82, 2.24) is 15.1 Å². The van der Waals surface area contributed by atoms with Gasteiger partial charge in [-0.05, 0) is 20.3 Å². The first kappa shape index (κ1) is 13.6. The first-order valence-corrected chi connectivity index (χ1v) is 6.74. The molecule has 0 radical (unpaired) electrons. The van der Waals surface area contributed by atoms with Crippen molar-refractivity contribution in [3.05, 3.63) is 18.0 Å². The maximum Gasteiger partial charge on any atom is 0.0652 e. The summed E-state index contributed by atoms with van der Waals surface area (Å²) in [5, 5.41) is 7.97. The van der Waals surface area contributed by atoms with E-state index in [-0.39, 0.29) is 5.41 Å². The first-order valence-electron chi connectivity index (χ1n) is 6.74. The number of aromatic nitrogens is 2. The average molecular weight is 251 g/mol. The van der Waals surface area contributed by atoms with Gasteiger partial charge in [0, 0.05) is 42.9 Å². The van der Waals surface area contributed by atoms with Gasteiger partial charge in [-0.1, -0.05) is 13.8 Å². The highest BCUT2D eigenvalue weighted by atomic mass is 16.5. The number of hydrogen-bond acceptors (Lipinski definition) is 3. The van der Waals surface area contributed by atoms with Gasteiger partial charge in [-0.2, -0.15) is 5.10 Å². The molecule has 2 unspecified atom stereocenters. The molecule has 1 aliphatic rings. The van der Waals surface area contributed by atoms with Crippen LogP contribution in [-0.2, 0) is 11.3 Å². The number of rotatable bonds is 5. The Balaban J connectivity index is 1.85. The molecule has 0 amide bonds. The lowest BCUT2D eigenvalue weighted by Gasteiger charge is -2.51. The van der Waals surface area contributed by atoms with Gasteiger partial charge in [0.1, 0.15) is 0 Å². The molecule has 4 nitrogen and oxygen atoms in total. The molecule has 0 saturated heterocycles. The quantitative estimate of drug-likeness (QED) is 0.873. The van der Waals surface area contributed by atoms with Gasteiger partial charge in [0.25, 0.3) is 0 Å². The summed E-state index contributed by atoms with van der Waals surface area (Å²) in [5.74, 6) is 0. The lowest BCUT2D eigenvalue weighted by molar-refractivity contribution is -0.0979. The standard InChI is InChI=1S/C14H25N3O/c1-10(2)17-9-11(8-16-17)7-15-12-6-13(18-5)14(12,3)4/h8-10,12-13,15H,6-7H2,1-5H3. The van der Waals surface area contributed by atoms with Gasteiger partial charge in [-0.3, -0.25) is 4.68 Å². The molecule has 1 N–H and O–H groups in total. The first-order chi connectivity index (χ1) is 8.45. The van der Waals surface area contributed by atoms with Crippen molar-refractivity contribution < 1.29 is 4.74 Å². The zero-order valence-corrected chi connectivity index (χ0v) is 12.1. The van der Waals surface area contributed by atoms with Gasteiger partial charge in [0.15, 0.2) is 0 Å². The summed E-state index contributed by atoms with van der Waals surface area (Å²) in [6.45, 7) is 9.70. The van der Waals surface area contributed by atoms with Crippen LogP contribution in [0, 0.1) is 5.41 Å². The molecule has 0 spiro atoms. The molecule has 1 fully saturated rings. The van der Waals surface area contributed by atoms with Gasteiger partial charge in [-0.15, -0.1) is 0 Å². The predicted octanol–water partition coefficient (Wildman–Crippen LogP) is 2.37. The van der Waals surface area contributed by atoms with E-state index >= 15 is 0 Å². The number of ether oxygens (including phenoxy) is 1. The Morgan fingerprint density at radius 1 is 1.56 bits per heavy atom. The molecule has 1 aromatic heterocycles. The van der Waals surface area contributed by atoms with Crippen molar-refractivity contribution in [1.29, 1.82) is 0 Å². The number of nitrogens with zero attached hydrogens (tertiary/aromatic N) is 2. The Hall–Kier alpha value is -0.870. The van der Waals surface area contributed by atoms with Gasteiger partial charge in [0.2, 0.25) is 0 Å². The molecule has 1 saturated carbocycles. The summed E-state index contributed by atoms with van der Waals surface area (Å²) >= 11 is 0. The molecule has 4 heteroatoms. The molecule has 1 heterocycles. The SMILES string of the molecule is COC1CC(NCc2cnn(C(C)C)c2)C1(C)C. The molecular weight excluding hydrogens is 226 g/mol. The second-order valence-electron chi connectivity index (χ2n) is 6.14. The van der Waals surface area contributed by atoms with Crippen LogP contribution >= 0.6 is 0 Å². The van der Waals surface area contributed by atoms with Crippen LogP contribution in [0.15, 0.2) is 12.4 Å². The molecule has 2 rings (SSSR count). The van der Waals surface area contributed by atoms with Crippen molar-refractivity contribution in [2.45, 2.75) is 58.8 Å². The Morgan fingerprint density at radius 2 is 2.28 bits per heavy atom. The van der Waals surface area contributed by atoms with Crippen molar-refractivity contribution in [2.24, 2.45) is 5.41 Å². The van der Waals surface area contributed by atoms with Crippen LogP contribution < -0.4 is 5.32 Å². The minimum atomic E-state index is 0.225. The third kappa shape index (κ3) is 2.45. The normalized spacial score (nSPS) is 26.3. The van der Waals surface area contributed by atoms with Crippen LogP contribution in [0.25, 0.3) is 0 Å². The molecule has 1 aliphatic carbocycles. The van der Waals surface area contributed by atoms with Gasteiger partial charge >= 0.3 is 0 Å². The third-order valence-corrected chi connectivity index (χ3v) is 4.20. The highest BCUT2D eigenvalue weighted by Gasteiger charge is 2.48. The summed E-state index contributed by atoms with van der Waals surface area (Å²) in [6, 6.07) is 0.960. The van der Waals surface area contributed by atoms with Crippen LogP contribution in [0.4, 0.5) is 0 Å².